The van der Waals surface area contributed by atoms with E-state index in [1.165, 1.54) is 0 Å². The first-order chi connectivity index (χ1) is 36.0. The molecule has 12 nitrogen and oxygen atoms in total. The van der Waals surface area contributed by atoms with Gasteiger partial charge in [-0.3, -0.25) is 0 Å². The molecule has 2 fully saturated rings. The van der Waals surface area contributed by atoms with Crippen molar-refractivity contribution in [3.8, 4) is 0 Å². The maximum Gasteiger partial charge on any atom is 0.338 e. The van der Waals surface area contributed by atoms with Crippen LogP contribution in [0.4, 0.5) is 0 Å². The van der Waals surface area contributed by atoms with Crippen LogP contribution in [0.25, 0.3) is 0 Å². The van der Waals surface area contributed by atoms with E-state index in [0.29, 0.717) is 12.2 Å². The Bertz CT molecular complexity index is 2630. The van der Waals surface area contributed by atoms with Crippen LogP contribution in [0.3, 0.4) is 0 Å². The highest BCUT2D eigenvalue weighted by Gasteiger charge is 2.54. The van der Waals surface area contributed by atoms with Gasteiger partial charge in [0.25, 0.3) is 0 Å². The molecule has 0 aromatic heterocycles. The van der Waals surface area contributed by atoms with E-state index in [1.54, 1.807) is 24.3 Å². The molecular formula is C61H62O12. The molecule has 9 rings (SSSR count). The highest BCUT2D eigenvalue weighted by molar-refractivity contribution is 5.89. The molecular weight excluding hydrogens is 925 g/mol. The van der Waals surface area contributed by atoms with Gasteiger partial charge in [-0.05, 0) is 45.5 Å². The predicted octanol–water partition coefficient (Wildman–Crippen LogP) is 9.81. The van der Waals surface area contributed by atoms with Crippen LogP contribution in [0.5, 0.6) is 0 Å². The molecule has 12 heteroatoms. The Hall–Kier alpha value is -6.39. The van der Waals surface area contributed by atoms with Crippen LogP contribution in [0, 0.1) is 0 Å². The molecule has 10 atom stereocenters. The van der Waals surface area contributed by atoms with Crippen LogP contribution in [0.1, 0.15) is 43.7 Å². The first-order valence-electron chi connectivity index (χ1n) is 24.8. The average Bonchev–Trinajstić information content (AvgIpc) is 3.45. The van der Waals surface area contributed by atoms with E-state index >= 15 is 0 Å². The molecule has 378 valence electrons. The summed E-state index contributed by atoms with van der Waals surface area (Å²) in [5.41, 5.74) is 5.88. The molecule has 0 saturated carbocycles. The number of aliphatic hydroxyl groups is 1. The molecule has 0 radical (unpaired) electrons. The Balaban J connectivity index is 1.11. The number of benzene rings is 7. The van der Waals surface area contributed by atoms with Crippen molar-refractivity contribution in [3.63, 3.8) is 0 Å². The molecule has 2 heterocycles. The molecule has 7 aromatic carbocycles. The molecule has 2 aliphatic rings. The van der Waals surface area contributed by atoms with Crippen LogP contribution in [0.15, 0.2) is 212 Å². The average molecular weight is 987 g/mol. The molecule has 0 aliphatic carbocycles. The topological polar surface area (TPSA) is 130 Å². The van der Waals surface area contributed by atoms with Crippen LogP contribution < -0.4 is 0 Å². The van der Waals surface area contributed by atoms with Gasteiger partial charge >= 0.3 is 5.97 Å². The van der Waals surface area contributed by atoms with Gasteiger partial charge in [-0.15, -0.1) is 0 Å². The van der Waals surface area contributed by atoms with Gasteiger partial charge < -0.3 is 52.5 Å². The van der Waals surface area contributed by atoms with Crippen molar-refractivity contribution in [2.45, 2.75) is 101 Å². The Labute approximate surface area is 427 Å². The Morgan fingerprint density at radius 1 is 0.370 bits per heavy atom. The summed E-state index contributed by atoms with van der Waals surface area (Å²) in [7, 11) is 0. The summed E-state index contributed by atoms with van der Waals surface area (Å²) in [4.78, 5) is 13.6. The molecule has 1 N–H and O–H groups in total. The molecule has 0 amide bonds. The number of hydrogen-bond donors (Lipinski definition) is 1. The largest absolute Gasteiger partial charge is 0.459 e. The summed E-state index contributed by atoms with van der Waals surface area (Å²) in [6.07, 6.45) is -10.4. The van der Waals surface area contributed by atoms with E-state index in [2.05, 4.69) is 0 Å². The minimum Gasteiger partial charge on any atom is -0.459 e. The minimum atomic E-state index is -1.53. The molecule has 0 spiro atoms. The monoisotopic (exact) mass is 986 g/mol. The standard InChI is InChI=1S/C61H62O12/c62-59(50-34-20-7-21-35-50)70-43-52-54(56(67-39-47-28-14-4-15-29-47)57(60(63)71-52)68-40-48-30-16-5-17-31-48)73-61-58(69-41-49-32-18-6-19-33-49)55(66-38-46-26-12-3-13-27-46)53(65-37-45-24-10-2-11-25-45)51(72-61)42-64-36-44-22-8-1-9-23-44/h1-35,51-58,60-61,63H,36-43H2/t51-,52-,53-,54+,55+,56+,57-,58+,60-,61+/m1/s1. The fraction of sp³-hybridized carbons (Fsp3) is 0.295. The Morgan fingerprint density at radius 3 is 1.15 bits per heavy atom. The van der Waals surface area contributed by atoms with Gasteiger partial charge in [0.1, 0.15) is 55.4 Å². The first-order valence-corrected chi connectivity index (χ1v) is 24.8. The van der Waals surface area contributed by atoms with Crippen molar-refractivity contribution in [2.75, 3.05) is 13.2 Å². The zero-order valence-corrected chi connectivity index (χ0v) is 40.6. The van der Waals surface area contributed by atoms with Gasteiger partial charge in [-0.2, -0.15) is 0 Å². The van der Waals surface area contributed by atoms with Crippen molar-refractivity contribution in [1.29, 1.82) is 0 Å². The summed E-state index contributed by atoms with van der Waals surface area (Å²) in [5.74, 6) is -0.581. The summed E-state index contributed by atoms with van der Waals surface area (Å²) >= 11 is 0. The molecule has 2 aliphatic heterocycles. The summed E-state index contributed by atoms with van der Waals surface area (Å²) in [5, 5.41) is 12.0. The highest BCUT2D eigenvalue weighted by atomic mass is 16.8. The van der Waals surface area contributed by atoms with Gasteiger partial charge in [0.05, 0.1) is 51.8 Å². The lowest BCUT2D eigenvalue weighted by atomic mass is 9.95. The SMILES string of the molecule is O=C(OC[C@H]1O[C@@H](O)[C@H](OCc2ccccc2)[C@@H](OCc2ccccc2)[C@H]1O[C@@H]1O[C@H](COCc2ccccc2)[C@@H](OCc2ccccc2)[C@H](OCc2ccccc2)[C@@H]1OCc1ccccc1)c1ccccc1. The van der Waals surface area contributed by atoms with Gasteiger partial charge in [0, 0.05) is 0 Å². The van der Waals surface area contributed by atoms with Gasteiger partial charge in [0.15, 0.2) is 12.6 Å². The zero-order chi connectivity index (χ0) is 49.9. The predicted molar refractivity (Wildman–Crippen MR) is 272 cm³/mol. The maximum absolute atomic E-state index is 13.6. The zero-order valence-electron chi connectivity index (χ0n) is 40.6. The fourth-order valence-corrected chi connectivity index (χ4v) is 8.92. The van der Waals surface area contributed by atoms with Crippen LogP contribution in [-0.4, -0.2) is 85.7 Å². The van der Waals surface area contributed by atoms with Crippen LogP contribution in [0.2, 0.25) is 0 Å². The highest BCUT2D eigenvalue weighted by Crippen LogP contribution is 2.36. The van der Waals surface area contributed by atoms with E-state index in [1.807, 2.05) is 188 Å². The van der Waals surface area contributed by atoms with E-state index in [4.69, 9.17) is 47.4 Å². The minimum absolute atomic E-state index is 0.0829. The molecule has 0 unspecified atom stereocenters. The summed E-state index contributed by atoms with van der Waals surface area (Å²) in [6.45, 7) is 0.917. The first kappa shape index (κ1) is 51.5. The van der Waals surface area contributed by atoms with Crippen molar-refractivity contribution in [3.05, 3.63) is 251 Å². The van der Waals surface area contributed by atoms with Crippen LogP contribution in [-0.2, 0) is 87.0 Å². The third kappa shape index (κ3) is 14.9. The smallest absolute Gasteiger partial charge is 0.338 e. The Kier molecular flexibility index (Phi) is 19.1. The molecule has 0 bridgehead atoms. The van der Waals surface area contributed by atoms with Crippen molar-refractivity contribution >= 4 is 5.97 Å². The van der Waals surface area contributed by atoms with Gasteiger partial charge in [-0.25, -0.2) is 4.79 Å². The van der Waals surface area contributed by atoms with E-state index in [9.17, 15) is 9.90 Å². The fourth-order valence-electron chi connectivity index (χ4n) is 8.92. The maximum atomic E-state index is 13.6. The second-order valence-corrected chi connectivity index (χ2v) is 18.0. The third-order valence-electron chi connectivity index (χ3n) is 12.7. The molecule has 73 heavy (non-hydrogen) atoms. The summed E-state index contributed by atoms with van der Waals surface area (Å²) in [6, 6.07) is 67.6. The Morgan fingerprint density at radius 2 is 0.712 bits per heavy atom. The number of hydrogen-bond acceptors (Lipinski definition) is 12. The second kappa shape index (κ2) is 27.1. The number of ether oxygens (including phenoxy) is 10. The quantitative estimate of drug-likeness (QED) is 0.0579. The number of carbonyl (C=O) groups excluding carboxylic acids is 1. The van der Waals surface area contributed by atoms with Gasteiger partial charge in [0.2, 0.25) is 0 Å². The third-order valence-corrected chi connectivity index (χ3v) is 12.7. The molecule has 2 saturated heterocycles. The molecule has 7 aromatic rings. The van der Waals surface area contributed by atoms with Gasteiger partial charge in [-0.1, -0.05) is 200 Å². The van der Waals surface area contributed by atoms with E-state index in [0.717, 1.165) is 33.4 Å². The normalized spacial score (nSPS) is 23.9. The lowest BCUT2D eigenvalue weighted by molar-refractivity contribution is -0.373. The van der Waals surface area contributed by atoms with Crippen LogP contribution >= 0.6 is 0 Å². The summed E-state index contributed by atoms with van der Waals surface area (Å²) < 4.78 is 67.7. The number of esters is 1. The second-order valence-electron chi connectivity index (χ2n) is 18.0. The lowest BCUT2D eigenvalue weighted by Crippen LogP contribution is -2.66. The number of carbonyl (C=O) groups is 1. The number of aliphatic hydroxyl groups excluding tert-OH is 1. The number of rotatable bonds is 24. The van der Waals surface area contributed by atoms with E-state index < -0.39 is 67.4 Å². The van der Waals surface area contributed by atoms with Crippen molar-refractivity contribution < 1.29 is 57.3 Å². The van der Waals surface area contributed by atoms with E-state index in [-0.39, 0.29) is 46.2 Å². The van der Waals surface area contributed by atoms with Crippen molar-refractivity contribution in [2.24, 2.45) is 0 Å². The van der Waals surface area contributed by atoms with Crippen molar-refractivity contribution in [1.82, 2.24) is 0 Å². The lowest BCUT2D eigenvalue weighted by Gasteiger charge is -2.49.